The number of aryl methyl sites for hydroxylation is 2. The van der Waals surface area contributed by atoms with Crippen molar-refractivity contribution in [3.8, 4) is 11.5 Å². The molecule has 23 heavy (non-hydrogen) atoms. The van der Waals surface area contributed by atoms with Crippen LogP contribution in [0.4, 0.5) is 0 Å². The molecule has 0 saturated carbocycles. The number of rotatable bonds is 6. The molecule has 6 heteroatoms. The van der Waals surface area contributed by atoms with Crippen LogP contribution in [0, 0.1) is 13.8 Å². The summed E-state index contributed by atoms with van der Waals surface area (Å²) in [6, 6.07) is 8.96. The largest absolute Gasteiger partial charge is 0.493 e. The van der Waals surface area contributed by atoms with Gasteiger partial charge in [0, 0.05) is 17.8 Å². The number of nitrogens with one attached hydrogen (secondary N) is 2. The minimum atomic E-state index is -0.310. The highest BCUT2D eigenvalue weighted by Crippen LogP contribution is 2.25. The minimum absolute atomic E-state index is 0.150. The molecule has 0 aliphatic heterocycles. The van der Waals surface area contributed by atoms with Gasteiger partial charge in [0.1, 0.15) is 0 Å². The Balaban J connectivity index is 1.92. The summed E-state index contributed by atoms with van der Waals surface area (Å²) in [6.45, 7) is 3.67. The number of hydrogen-bond donors (Lipinski definition) is 2. The number of methoxy groups -OCH3 is 1. The lowest BCUT2D eigenvalue weighted by molar-refractivity contribution is -0.123. The number of aromatic nitrogens is 1. The summed E-state index contributed by atoms with van der Waals surface area (Å²) < 4.78 is 10.6. The van der Waals surface area contributed by atoms with E-state index < -0.39 is 0 Å². The van der Waals surface area contributed by atoms with Gasteiger partial charge in [-0.3, -0.25) is 9.59 Å². The topological polar surface area (TPSA) is 80.4 Å². The number of hydrogen-bond acceptors (Lipinski definition) is 4. The highest BCUT2D eigenvalue weighted by atomic mass is 16.5. The number of para-hydroxylation sites is 2. The first kappa shape index (κ1) is 16.6. The molecule has 2 N–H and O–H groups in total. The molecule has 0 atom stereocenters. The summed E-state index contributed by atoms with van der Waals surface area (Å²) in [6.07, 6.45) is 0. The Morgan fingerprint density at radius 1 is 1.22 bits per heavy atom. The highest BCUT2D eigenvalue weighted by molar-refractivity contribution is 5.77. The fourth-order valence-electron chi connectivity index (χ4n) is 2.22. The number of ether oxygens (including phenoxy) is 2. The van der Waals surface area contributed by atoms with Crippen LogP contribution in [0.2, 0.25) is 0 Å². The second-order valence-corrected chi connectivity index (χ2v) is 5.16. The molecule has 0 aliphatic rings. The number of pyridine rings is 1. The smallest absolute Gasteiger partial charge is 0.258 e. The molecule has 0 unspecified atom stereocenters. The Bertz CT molecular complexity index is 752. The Morgan fingerprint density at radius 2 is 1.91 bits per heavy atom. The third-order valence-corrected chi connectivity index (χ3v) is 3.38. The van der Waals surface area contributed by atoms with E-state index in [2.05, 4.69) is 10.3 Å². The first-order valence-corrected chi connectivity index (χ1v) is 7.23. The van der Waals surface area contributed by atoms with Crippen molar-refractivity contribution in [1.82, 2.24) is 10.3 Å². The minimum Gasteiger partial charge on any atom is -0.493 e. The maximum Gasteiger partial charge on any atom is 0.258 e. The Morgan fingerprint density at radius 3 is 2.57 bits per heavy atom. The van der Waals surface area contributed by atoms with Crippen LogP contribution < -0.4 is 20.3 Å². The van der Waals surface area contributed by atoms with Gasteiger partial charge in [-0.1, -0.05) is 12.1 Å². The average molecular weight is 316 g/mol. The summed E-state index contributed by atoms with van der Waals surface area (Å²) in [5.74, 6) is 0.746. The lowest BCUT2D eigenvalue weighted by Gasteiger charge is -2.11. The van der Waals surface area contributed by atoms with Crippen molar-refractivity contribution in [2.75, 3.05) is 13.7 Å². The van der Waals surface area contributed by atoms with Gasteiger partial charge in [0.15, 0.2) is 18.1 Å². The highest BCUT2D eigenvalue weighted by Gasteiger charge is 2.09. The van der Waals surface area contributed by atoms with Gasteiger partial charge in [-0.25, -0.2) is 0 Å². The van der Waals surface area contributed by atoms with Crippen molar-refractivity contribution in [3.63, 3.8) is 0 Å². The molecule has 2 aromatic rings. The van der Waals surface area contributed by atoms with Crippen LogP contribution in [0.1, 0.15) is 16.8 Å². The number of aromatic amines is 1. The Kier molecular flexibility index (Phi) is 5.41. The second kappa shape index (κ2) is 7.49. The maximum atomic E-state index is 11.9. The van der Waals surface area contributed by atoms with Crippen LogP contribution in [0.15, 0.2) is 35.1 Å². The quantitative estimate of drug-likeness (QED) is 0.850. The van der Waals surface area contributed by atoms with Gasteiger partial charge in [-0.15, -0.1) is 0 Å². The summed E-state index contributed by atoms with van der Waals surface area (Å²) in [5.41, 5.74) is 1.99. The normalized spacial score (nSPS) is 10.2. The number of benzene rings is 1. The zero-order valence-corrected chi connectivity index (χ0v) is 13.4. The van der Waals surface area contributed by atoms with Crippen LogP contribution in [-0.4, -0.2) is 24.6 Å². The zero-order chi connectivity index (χ0) is 16.8. The Labute approximate surface area is 134 Å². The van der Waals surface area contributed by atoms with Crippen molar-refractivity contribution >= 4 is 5.91 Å². The molecule has 0 radical (unpaired) electrons. The molecule has 0 aliphatic carbocycles. The molecule has 0 bridgehead atoms. The van der Waals surface area contributed by atoms with E-state index in [0.717, 1.165) is 11.3 Å². The molecular formula is C17H20N2O4. The van der Waals surface area contributed by atoms with Gasteiger partial charge in [-0.05, 0) is 37.6 Å². The van der Waals surface area contributed by atoms with Gasteiger partial charge in [-0.2, -0.15) is 0 Å². The van der Waals surface area contributed by atoms with Crippen LogP contribution in [0.25, 0.3) is 0 Å². The molecule has 6 nitrogen and oxygen atoms in total. The standard InChI is InChI=1S/C17H20N2O4/c1-11-8-12(2)19-17(21)13(11)9-18-16(20)10-23-15-7-5-4-6-14(15)22-3/h4-8H,9-10H2,1-3H3,(H,18,20)(H,19,21). The summed E-state index contributed by atoms with van der Waals surface area (Å²) >= 11 is 0. The van der Waals surface area contributed by atoms with E-state index in [-0.39, 0.29) is 24.6 Å². The van der Waals surface area contributed by atoms with Crippen LogP contribution in [-0.2, 0) is 11.3 Å². The molecule has 2 rings (SSSR count). The van der Waals surface area contributed by atoms with E-state index in [4.69, 9.17) is 9.47 Å². The maximum absolute atomic E-state index is 11.9. The molecule has 1 heterocycles. The van der Waals surface area contributed by atoms with E-state index in [0.29, 0.717) is 17.1 Å². The zero-order valence-electron chi connectivity index (χ0n) is 13.4. The fraction of sp³-hybridized carbons (Fsp3) is 0.294. The lowest BCUT2D eigenvalue weighted by atomic mass is 10.1. The van der Waals surface area contributed by atoms with Crippen LogP contribution >= 0.6 is 0 Å². The molecule has 1 aromatic carbocycles. The van der Waals surface area contributed by atoms with Crippen molar-refractivity contribution in [2.24, 2.45) is 0 Å². The predicted octanol–water partition coefficient (Wildman–Crippen LogP) is 1.70. The van der Waals surface area contributed by atoms with E-state index in [1.807, 2.05) is 26.0 Å². The van der Waals surface area contributed by atoms with Crippen LogP contribution in [0.5, 0.6) is 11.5 Å². The van der Waals surface area contributed by atoms with Crippen molar-refractivity contribution in [3.05, 3.63) is 57.5 Å². The van der Waals surface area contributed by atoms with E-state index in [1.54, 1.807) is 18.2 Å². The first-order chi connectivity index (χ1) is 11.0. The molecule has 0 saturated heterocycles. The van der Waals surface area contributed by atoms with Gasteiger partial charge in [0.05, 0.1) is 7.11 Å². The molecule has 1 aromatic heterocycles. The number of amides is 1. The SMILES string of the molecule is COc1ccccc1OCC(=O)NCc1c(C)cc(C)[nH]c1=O. The third kappa shape index (κ3) is 4.35. The van der Waals surface area contributed by atoms with Gasteiger partial charge < -0.3 is 19.8 Å². The number of carbonyl (C=O) groups excluding carboxylic acids is 1. The van der Waals surface area contributed by atoms with E-state index in [9.17, 15) is 9.59 Å². The molecule has 0 spiro atoms. The third-order valence-electron chi connectivity index (χ3n) is 3.38. The van der Waals surface area contributed by atoms with Gasteiger partial charge in [0.25, 0.3) is 11.5 Å². The molecule has 1 amide bonds. The number of carbonyl (C=O) groups is 1. The molecule has 122 valence electrons. The van der Waals surface area contributed by atoms with Gasteiger partial charge in [0.2, 0.25) is 0 Å². The summed E-state index contributed by atoms with van der Waals surface area (Å²) in [7, 11) is 1.54. The van der Waals surface area contributed by atoms with Crippen molar-refractivity contribution in [2.45, 2.75) is 20.4 Å². The summed E-state index contributed by atoms with van der Waals surface area (Å²) in [5, 5.41) is 2.68. The monoisotopic (exact) mass is 316 g/mol. The van der Waals surface area contributed by atoms with E-state index >= 15 is 0 Å². The van der Waals surface area contributed by atoms with Crippen molar-refractivity contribution < 1.29 is 14.3 Å². The molecule has 0 fully saturated rings. The fourth-order valence-corrected chi connectivity index (χ4v) is 2.22. The number of H-pyrrole nitrogens is 1. The van der Waals surface area contributed by atoms with Gasteiger partial charge >= 0.3 is 0 Å². The lowest BCUT2D eigenvalue weighted by Crippen LogP contribution is -2.31. The van der Waals surface area contributed by atoms with Crippen LogP contribution in [0.3, 0.4) is 0 Å². The summed E-state index contributed by atoms with van der Waals surface area (Å²) in [4.78, 5) is 26.5. The van der Waals surface area contributed by atoms with E-state index in [1.165, 1.54) is 7.11 Å². The average Bonchev–Trinajstić information content (AvgIpc) is 2.52. The predicted molar refractivity (Wildman–Crippen MR) is 86.9 cm³/mol. The molecular weight excluding hydrogens is 296 g/mol. The van der Waals surface area contributed by atoms with Crippen molar-refractivity contribution in [1.29, 1.82) is 0 Å². The first-order valence-electron chi connectivity index (χ1n) is 7.23. The Hall–Kier alpha value is -2.76. The second-order valence-electron chi connectivity index (χ2n) is 5.16.